The molecule has 0 radical (unpaired) electrons. The monoisotopic (exact) mass is 189 g/mol. The van der Waals surface area contributed by atoms with Gasteiger partial charge in [0.05, 0.1) is 6.20 Å². The Bertz CT molecular complexity index is 463. The molecule has 0 N–H and O–H groups in total. The number of aryl methyl sites for hydroxylation is 1. The highest BCUT2D eigenvalue weighted by Gasteiger charge is 2.16. The molecule has 0 amide bonds. The zero-order valence-electron chi connectivity index (χ0n) is 9.07. The lowest BCUT2D eigenvalue weighted by molar-refractivity contribution is 0.569. The molecule has 0 atom stereocenters. The number of fused-ring (bicyclic) bond motifs is 1. The molecule has 0 saturated carbocycles. The van der Waals surface area contributed by atoms with Gasteiger partial charge in [0.25, 0.3) is 0 Å². The largest absolute Gasteiger partial charge is 0.250 e. The highest BCUT2D eigenvalue weighted by Crippen LogP contribution is 2.22. The Hall–Kier alpha value is -1.38. The second-order valence-corrected chi connectivity index (χ2v) is 4.63. The number of rotatable bonds is 0. The zero-order chi connectivity index (χ0) is 10.3. The quantitative estimate of drug-likeness (QED) is 0.636. The minimum absolute atomic E-state index is 0.0957. The van der Waals surface area contributed by atoms with E-state index in [9.17, 15) is 0 Å². The minimum atomic E-state index is 0.0957. The molecular formula is C11H15N3. The summed E-state index contributed by atoms with van der Waals surface area (Å²) in [4.78, 5) is 4.61. The van der Waals surface area contributed by atoms with E-state index >= 15 is 0 Å². The molecule has 0 spiro atoms. The maximum Gasteiger partial charge on any atom is 0.157 e. The Morgan fingerprint density at radius 3 is 2.57 bits per heavy atom. The van der Waals surface area contributed by atoms with Crippen molar-refractivity contribution in [3.63, 3.8) is 0 Å². The van der Waals surface area contributed by atoms with Crippen LogP contribution in [-0.4, -0.2) is 14.8 Å². The lowest BCUT2D eigenvalue weighted by Crippen LogP contribution is -2.13. The predicted molar refractivity (Wildman–Crippen MR) is 57.2 cm³/mol. The van der Waals surface area contributed by atoms with E-state index in [2.05, 4.69) is 43.0 Å². The van der Waals surface area contributed by atoms with E-state index in [1.807, 2.05) is 17.9 Å². The van der Waals surface area contributed by atoms with Crippen LogP contribution in [-0.2, 0) is 12.5 Å². The smallest absolute Gasteiger partial charge is 0.157 e. The highest BCUT2D eigenvalue weighted by atomic mass is 15.3. The van der Waals surface area contributed by atoms with Crippen molar-refractivity contribution in [1.29, 1.82) is 0 Å². The minimum Gasteiger partial charge on any atom is -0.250 e. The maximum absolute atomic E-state index is 4.61. The number of hydrogen-bond acceptors (Lipinski definition) is 2. The fraction of sp³-hybridized carbons (Fsp3) is 0.455. The van der Waals surface area contributed by atoms with E-state index in [-0.39, 0.29) is 5.41 Å². The fourth-order valence-corrected chi connectivity index (χ4v) is 1.44. The van der Waals surface area contributed by atoms with Crippen LogP contribution in [0.15, 0.2) is 18.3 Å². The second-order valence-electron chi connectivity index (χ2n) is 4.63. The van der Waals surface area contributed by atoms with E-state index in [4.69, 9.17) is 0 Å². The molecule has 74 valence electrons. The summed E-state index contributed by atoms with van der Waals surface area (Å²) in [6.07, 6.45) is 1.84. The lowest BCUT2D eigenvalue weighted by atomic mass is 9.91. The van der Waals surface area contributed by atoms with Gasteiger partial charge in [-0.05, 0) is 12.1 Å². The van der Waals surface area contributed by atoms with E-state index in [0.717, 1.165) is 16.7 Å². The molecule has 0 bridgehead atoms. The van der Waals surface area contributed by atoms with Gasteiger partial charge >= 0.3 is 0 Å². The Morgan fingerprint density at radius 2 is 1.93 bits per heavy atom. The molecule has 3 heteroatoms. The van der Waals surface area contributed by atoms with Gasteiger partial charge < -0.3 is 0 Å². The third-order valence-electron chi connectivity index (χ3n) is 2.35. The van der Waals surface area contributed by atoms with Crippen molar-refractivity contribution in [2.75, 3.05) is 0 Å². The zero-order valence-corrected chi connectivity index (χ0v) is 9.07. The summed E-state index contributed by atoms with van der Waals surface area (Å²) in [6.45, 7) is 6.49. The normalized spacial score (nSPS) is 12.3. The van der Waals surface area contributed by atoms with Crippen molar-refractivity contribution in [1.82, 2.24) is 14.8 Å². The van der Waals surface area contributed by atoms with Crippen molar-refractivity contribution < 1.29 is 0 Å². The molecule has 2 heterocycles. The van der Waals surface area contributed by atoms with Gasteiger partial charge in [-0.15, -0.1) is 0 Å². The molecule has 2 aromatic rings. The first-order chi connectivity index (χ1) is 6.48. The number of aromatic nitrogens is 3. The van der Waals surface area contributed by atoms with Crippen LogP contribution in [0.25, 0.3) is 11.0 Å². The van der Waals surface area contributed by atoms with Crippen LogP contribution in [0, 0.1) is 0 Å². The molecule has 0 unspecified atom stereocenters. The topological polar surface area (TPSA) is 30.7 Å². The van der Waals surface area contributed by atoms with Crippen LogP contribution in [0.4, 0.5) is 0 Å². The number of pyridine rings is 1. The first-order valence-electron chi connectivity index (χ1n) is 4.78. The Labute approximate surface area is 83.8 Å². The van der Waals surface area contributed by atoms with Crippen LogP contribution in [0.2, 0.25) is 0 Å². The molecular weight excluding hydrogens is 174 g/mol. The summed E-state index contributed by atoms with van der Waals surface area (Å²) in [5, 5.41) is 5.27. The van der Waals surface area contributed by atoms with Crippen molar-refractivity contribution in [2.24, 2.45) is 7.05 Å². The lowest BCUT2D eigenvalue weighted by Gasteiger charge is -2.17. The fourth-order valence-electron chi connectivity index (χ4n) is 1.44. The van der Waals surface area contributed by atoms with Crippen LogP contribution < -0.4 is 0 Å². The van der Waals surface area contributed by atoms with Gasteiger partial charge in [0.1, 0.15) is 0 Å². The molecule has 0 fully saturated rings. The average molecular weight is 189 g/mol. The van der Waals surface area contributed by atoms with Gasteiger partial charge in [-0.2, -0.15) is 5.10 Å². The Kier molecular flexibility index (Phi) is 1.84. The summed E-state index contributed by atoms with van der Waals surface area (Å²) in [5.74, 6) is 0. The highest BCUT2D eigenvalue weighted by molar-refractivity contribution is 5.74. The molecule has 0 aliphatic rings. The van der Waals surface area contributed by atoms with Gasteiger partial charge in [-0.25, -0.2) is 4.98 Å². The van der Waals surface area contributed by atoms with Crippen LogP contribution in [0.1, 0.15) is 26.5 Å². The first kappa shape index (κ1) is 9.19. The summed E-state index contributed by atoms with van der Waals surface area (Å²) < 4.78 is 1.81. The summed E-state index contributed by atoms with van der Waals surface area (Å²) in [7, 11) is 1.92. The maximum atomic E-state index is 4.61. The van der Waals surface area contributed by atoms with E-state index in [1.54, 1.807) is 0 Å². The van der Waals surface area contributed by atoms with Crippen molar-refractivity contribution in [3.8, 4) is 0 Å². The molecule has 0 aliphatic heterocycles. The van der Waals surface area contributed by atoms with Gasteiger partial charge in [-0.1, -0.05) is 20.8 Å². The van der Waals surface area contributed by atoms with Crippen molar-refractivity contribution >= 4 is 11.0 Å². The average Bonchev–Trinajstić information content (AvgIpc) is 2.46. The SMILES string of the molecule is Cn1ncc2ccc(C(C)(C)C)nc21. The molecule has 2 aromatic heterocycles. The number of hydrogen-bond donors (Lipinski definition) is 0. The van der Waals surface area contributed by atoms with Crippen molar-refractivity contribution in [2.45, 2.75) is 26.2 Å². The molecule has 2 rings (SSSR count). The predicted octanol–water partition coefficient (Wildman–Crippen LogP) is 2.27. The van der Waals surface area contributed by atoms with Crippen LogP contribution >= 0.6 is 0 Å². The van der Waals surface area contributed by atoms with Gasteiger partial charge in [0.15, 0.2) is 5.65 Å². The molecule has 0 saturated heterocycles. The second kappa shape index (κ2) is 2.80. The summed E-state index contributed by atoms with van der Waals surface area (Å²) in [6, 6.07) is 4.15. The molecule has 0 aromatic carbocycles. The molecule has 3 nitrogen and oxygen atoms in total. The van der Waals surface area contributed by atoms with Crippen LogP contribution in [0.5, 0.6) is 0 Å². The van der Waals surface area contributed by atoms with E-state index in [0.29, 0.717) is 0 Å². The van der Waals surface area contributed by atoms with E-state index < -0.39 is 0 Å². The Balaban J connectivity index is 2.66. The Morgan fingerprint density at radius 1 is 1.21 bits per heavy atom. The molecule has 14 heavy (non-hydrogen) atoms. The standard InChI is InChI=1S/C11H15N3/c1-11(2,3)9-6-5-8-7-12-14(4)10(8)13-9/h5-7H,1-4H3. The summed E-state index contributed by atoms with van der Waals surface area (Å²) >= 11 is 0. The van der Waals surface area contributed by atoms with E-state index in [1.165, 1.54) is 0 Å². The first-order valence-corrected chi connectivity index (χ1v) is 4.78. The van der Waals surface area contributed by atoms with Gasteiger partial charge in [0.2, 0.25) is 0 Å². The van der Waals surface area contributed by atoms with Crippen molar-refractivity contribution in [3.05, 3.63) is 24.0 Å². The van der Waals surface area contributed by atoms with Gasteiger partial charge in [0, 0.05) is 23.5 Å². The molecule has 0 aliphatic carbocycles. The third-order valence-corrected chi connectivity index (χ3v) is 2.35. The van der Waals surface area contributed by atoms with Crippen LogP contribution in [0.3, 0.4) is 0 Å². The third kappa shape index (κ3) is 1.39. The summed E-state index contributed by atoms with van der Waals surface area (Å²) in [5.41, 5.74) is 2.16. The number of nitrogens with zero attached hydrogens (tertiary/aromatic N) is 3. The van der Waals surface area contributed by atoms with Gasteiger partial charge in [-0.3, -0.25) is 4.68 Å².